The Balaban J connectivity index is 0.000000581. The second kappa shape index (κ2) is 4.29. The molecule has 2 aliphatic rings. The number of aromatic amines is 1. The molecule has 1 aromatic carbocycles. The van der Waals surface area contributed by atoms with Crippen molar-refractivity contribution in [2.75, 3.05) is 0 Å². The highest BCUT2D eigenvalue weighted by Crippen LogP contribution is 2.65. The van der Waals surface area contributed by atoms with Crippen LogP contribution in [0.25, 0.3) is 0 Å². The van der Waals surface area contributed by atoms with Gasteiger partial charge in [0, 0.05) is 35.8 Å². The van der Waals surface area contributed by atoms with Gasteiger partial charge in [-0.05, 0) is 30.3 Å². The Hall–Kier alpha value is -1.93. The fourth-order valence-corrected chi connectivity index (χ4v) is 3.52. The van der Waals surface area contributed by atoms with Crippen molar-refractivity contribution in [1.82, 2.24) is 9.55 Å². The Labute approximate surface area is 120 Å². The molecular formula is C15H12F2N2S. The van der Waals surface area contributed by atoms with Crippen LogP contribution in [0, 0.1) is 29.3 Å². The standard InChI is InChI=1S/C13H10F2N2S.C2H2/c14-7-1-2-8(10(15)3-7)13-4-9(13)11-5-16-12(18)17(11)6-13;1-2/h1-3,5,9H,4,6H2,(H,16,18);1-2H/t9?,13-;/m1./s1. The molecular weight excluding hydrogens is 278 g/mol. The van der Waals surface area contributed by atoms with Gasteiger partial charge in [-0.2, -0.15) is 0 Å². The summed E-state index contributed by atoms with van der Waals surface area (Å²) in [5.41, 5.74) is 1.56. The molecule has 2 nitrogen and oxygen atoms in total. The fourth-order valence-electron chi connectivity index (χ4n) is 3.29. The first-order valence-electron chi connectivity index (χ1n) is 6.19. The molecule has 4 rings (SSSR count). The third-order valence-corrected chi connectivity index (χ3v) is 4.58. The smallest absolute Gasteiger partial charge is 0.177 e. The van der Waals surface area contributed by atoms with Gasteiger partial charge in [0.1, 0.15) is 11.6 Å². The van der Waals surface area contributed by atoms with E-state index in [2.05, 4.69) is 17.8 Å². The molecule has 1 N–H and O–H groups in total. The van der Waals surface area contributed by atoms with Gasteiger partial charge in [0.25, 0.3) is 0 Å². The molecule has 1 unspecified atom stereocenters. The number of imidazole rings is 1. The normalized spacial score (nSPS) is 25.3. The Morgan fingerprint density at radius 1 is 1.35 bits per heavy atom. The summed E-state index contributed by atoms with van der Waals surface area (Å²) in [5, 5.41) is 0. The van der Waals surface area contributed by atoms with E-state index in [1.165, 1.54) is 6.07 Å². The fraction of sp³-hybridized carbons (Fsp3) is 0.267. The molecule has 1 aliphatic heterocycles. The number of H-pyrrole nitrogens is 1. The zero-order valence-corrected chi connectivity index (χ0v) is 11.4. The Morgan fingerprint density at radius 3 is 2.75 bits per heavy atom. The number of fused-ring (bicyclic) bond motifs is 3. The molecule has 1 aromatic heterocycles. The summed E-state index contributed by atoms with van der Waals surface area (Å²) in [7, 11) is 0. The zero-order chi connectivity index (χ0) is 14.5. The number of terminal acetylenes is 1. The Kier molecular flexibility index (Phi) is 2.80. The number of halogens is 2. The lowest BCUT2D eigenvalue weighted by Crippen LogP contribution is -2.14. The van der Waals surface area contributed by atoms with Crippen molar-refractivity contribution in [3.05, 3.63) is 52.1 Å². The highest BCUT2D eigenvalue weighted by atomic mass is 32.1. The molecule has 5 heteroatoms. The van der Waals surface area contributed by atoms with Gasteiger partial charge in [-0.3, -0.25) is 0 Å². The van der Waals surface area contributed by atoms with E-state index in [1.807, 2.05) is 10.8 Å². The van der Waals surface area contributed by atoms with Gasteiger partial charge in [-0.25, -0.2) is 8.78 Å². The average Bonchev–Trinajstić information content (AvgIpc) is 2.90. The van der Waals surface area contributed by atoms with Crippen LogP contribution in [0.4, 0.5) is 8.78 Å². The number of nitrogens with one attached hydrogen (secondary N) is 1. The van der Waals surface area contributed by atoms with Crippen molar-refractivity contribution in [2.45, 2.75) is 24.3 Å². The highest BCUT2D eigenvalue weighted by Gasteiger charge is 2.62. The van der Waals surface area contributed by atoms with Crippen LogP contribution in [-0.4, -0.2) is 9.55 Å². The largest absolute Gasteiger partial charge is 0.337 e. The van der Waals surface area contributed by atoms with E-state index in [4.69, 9.17) is 12.2 Å². The number of nitrogens with zero attached hydrogens (tertiary/aromatic N) is 1. The monoisotopic (exact) mass is 290 g/mol. The quantitative estimate of drug-likeness (QED) is 0.629. The van der Waals surface area contributed by atoms with Gasteiger partial charge in [0.15, 0.2) is 4.77 Å². The van der Waals surface area contributed by atoms with E-state index in [1.54, 1.807) is 6.07 Å². The molecule has 20 heavy (non-hydrogen) atoms. The van der Waals surface area contributed by atoms with Crippen molar-refractivity contribution < 1.29 is 8.78 Å². The van der Waals surface area contributed by atoms with Crippen LogP contribution < -0.4 is 0 Å². The van der Waals surface area contributed by atoms with Gasteiger partial charge in [-0.15, -0.1) is 12.8 Å². The molecule has 0 spiro atoms. The minimum absolute atomic E-state index is 0.199. The lowest BCUT2D eigenvalue weighted by atomic mass is 9.94. The number of rotatable bonds is 1. The molecule has 0 bridgehead atoms. The van der Waals surface area contributed by atoms with E-state index in [9.17, 15) is 8.78 Å². The minimum atomic E-state index is -0.528. The summed E-state index contributed by atoms with van der Waals surface area (Å²) in [6.45, 7) is 0.692. The van der Waals surface area contributed by atoms with Crippen LogP contribution in [0.1, 0.15) is 23.6 Å². The molecule has 1 saturated carbocycles. The molecule has 0 radical (unpaired) electrons. The van der Waals surface area contributed by atoms with E-state index >= 15 is 0 Å². The summed E-state index contributed by atoms with van der Waals surface area (Å²) in [4.78, 5) is 3.01. The lowest BCUT2D eigenvalue weighted by molar-refractivity contribution is 0.519. The first-order valence-corrected chi connectivity index (χ1v) is 6.60. The van der Waals surface area contributed by atoms with Crippen molar-refractivity contribution >= 4 is 12.2 Å². The molecule has 2 heterocycles. The molecule has 0 saturated heterocycles. The highest BCUT2D eigenvalue weighted by molar-refractivity contribution is 7.71. The number of hydrogen-bond donors (Lipinski definition) is 1. The first kappa shape index (κ1) is 13.1. The van der Waals surface area contributed by atoms with Crippen LogP contribution >= 0.6 is 12.2 Å². The summed E-state index contributed by atoms with van der Waals surface area (Å²) in [5.74, 6) is -0.664. The summed E-state index contributed by atoms with van der Waals surface area (Å²) >= 11 is 5.19. The second-order valence-electron chi connectivity index (χ2n) is 5.14. The predicted molar refractivity (Wildman–Crippen MR) is 74.9 cm³/mol. The topological polar surface area (TPSA) is 20.7 Å². The van der Waals surface area contributed by atoms with Gasteiger partial charge < -0.3 is 9.55 Å². The number of hydrogen-bond acceptors (Lipinski definition) is 1. The molecule has 2 atom stereocenters. The molecule has 0 amide bonds. The molecule has 2 aromatic rings. The van der Waals surface area contributed by atoms with Gasteiger partial charge >= 0.3 is 0 Å². The SMILES string of the molecule is C#C.Fc1ccc([C@]23CC2c2c[nH]c(=S)n2C3)c(F)c1. The van der Waals surface area contributed by atoms with E-state index < -0.39 is 11.6 Å². The van der Waals surface area contributed by atoms with Crippen LogP contribution in [0.5, 0.6) is 0 Å². The van der Waals surface area contributed by atoms with E-state index in [-0.39, 0.29) is 5.41 Å². The summed E-state index contributed by atoms with van der Waals surface area (Å²) < 4.78 is 29.6. The Morgan fingerprint density at radius 2 is 2.10 bits per heavy atom. The number of aromatic nitrogens is 2. The second-order valence-corrected chi connectivity index (χ2v) is 5.53. The van der Waals surface area contributed by atoms with Crippen molar-refractivity contribution in [3.63, 3.8) is 0 Å². The summed E-state index contributed by atoms with van der Waals surface area (Å²) in [6.07, 6.45) is 10.8. The van der Waals surface area contributed by atoms with Gasteiger partial charge in [0.05, 0.1) is 0 Å². The van der Waals surface area contributed by atoms with Crippen molar-refractivity contribution in [1.29, 1.82) is 0 Å². The average molecular weight is 290 g/mol. The van der Waals surface area contributed by atoms with Gasteiger partial charge in [-0.1, -0.05) is 6.07 Å². The maximum absolute atomic E-state index is 13.9. The third kappa shape index (κ3) is 1.58. The third-order valence-electron chi connectivity index (χ3n) is 4.24. The molecule has 1 fully saturated rings. The van der Waals surface area contributed by atoms with Crippen LogP contribution in [0.15, 0.2) is 24.4 Å². The first-order chi connectivity index (χ1) is 9.62. The van der Waals surface area contributed by atoms with Crippen molar-refractivity contribution in [3.8, 4) is 12.8 Å². The molecule has 1 aliphatic carbocycles. The lowest BCUT2D eigenvalue weighted by Gasteiger charge is -2.14. The van der Waals surface area contributed by atoms with Crippen LogP contribution in [0.3, 0.4) is 0 Å². The maximum atomic E-state index is 13.9. The van der Waals surface area contributed by atoms with Gasteiger partial charge in [0.2, 0.25) is 0 Å². The zero-order valence-electron chi connectivity index (χ0n) is 10.6. The van der Waals surface area contributed by atoms with E-state index in [0.29, 0.717) is 22.8 Å². The van der Waals surface area contributed by atoms with Crippen LogP contribution in [0.2, 0.25) is 0 Å². The van der Waals surface area contributed by atoms with E-state index in [0.717, 1.165) is 18.2 Å². The minimum Gasteiger partial charge on any atom is -0.337 e. The Bertz CT molecular complexity index is 759. The van der Waals surface area contributed by atoms with Crippen molar-refractivity contribution in [2.24, 2.45) is 0 Å². The van der Waals surface area contributed by atoms with Crippen LogP contribution in [-0.2, 0) is 12.0 Å². The molecule has 102 valence electrons. The maximum Gasteiger partial charge on any atom is 0.177 e. The predicted octanol–water partition coefficient (Wildman–Crippen LogP) is 3.51. The number of benzene rings is 1. The summed E-state index contributed by atoms with van der Waals surface area (Å²) in [6, 6.07) is 3.87.